The van der Waals surface area contributed by atoms with E-state index >= 15 is 0 Å². The van der Waals surface area contributed by atoms with Gasteiger partial charge >= 0.3 is 6.36 Å². The number of hydrogen-bond donors (Lipinski definition) is 1. The minimum absolute atomic E-state index is 0.213. The summed E-state index contributed by atoms with van der Waals surface area (Å²) < 4.78 is 41.1. The van der Waals surface area contributed by atoms with Crippen LogP contribution in [0.5, 0.6) is 5.75 Å². The van der Waals surface area contributed by atoms with Gasteiger partial charge in [-0.3, -0.25) is 0 Å². The van der Waals surface area contributed by atoms with E-state index < -0.39 is 23.4 Å². The van der Waals surface area contributed by atoms with Crippen molar-refractivity contribution in [3.05, 3.63) is 33.9 Å². The zero-order valence-corrected chi connectivity index (χ0v) is 11.6. The molecular weight excluding hydrogens is 353 g/mol. The Bertz CT molecular complexity index is 691. The van der Waals surface area contributed by atoms with E-state index in [4.69, 9.17) is 15.8 Å². The van der Waals surface area contributed by atoms with Gasteiger partial charge in [0.25, 0.3) is 0 Å². The van der Waals surface area contributed by atoms with E-state index in [9.17, 15) is 13.2 Å². The first kappa shape index (κ1) is 16.4. The van der Waals surface area contributed by atoms with E-state index in [-0.39, 0.29) is 5.69 Å². The Labute approximate surface area is 125 Å². The van der Waals surface area contributed by atoms with Crippen molar-refractivity contribution in [2.45, 2.75) is 6.36 Å². The number of nitrogens with zero attached hydrogens (tertiary/aromatic N) is 3. The van der Waals surface area contributed by atoms with E-state index in [1.165, 1.54) is 30.3 Å². The van der Waals surface area contributed by atoms with Crippen molar-refractivity contribution in [3.63, 3.8) is 0 Å². The number of halogens is 4. The van der Waals surface area contributed by atoms with Crippen molar-refractivity contribution in [1.29, 1.82) is 15.8 Å². The molecule has 0 radical (unpaired) electrons. The quantitative estimate of drug-likeness (QED) is 0.835. The molecule has 1 rings (SSSR count). The molecule has 9 heteroatoms. The predicted octanol–water partition coefficient (Wildman–Crippen LogP) is 3.58. The van der Waals surface area contributed by atoms with Gasteiger partial charge in [0.2, 0.25) is 0 Å². The summed E-state index contributed by atoms with van der Waals surface area (Å²) in [6.07, 6.45) is -4.93. The van der Waals surface area contributed by atoms with Crippen LogP contribution in [0, 0.1) is 34.0 Å². The van der Waals surface area contributed by atoms with Crippen molar-refractivity contribution in [3.8, 4) is 24.0 Å². The number of nitrogens with one attached hydrogen (secondary N) is 1. The molecule has 0 amide bonds. The lowest BCUT2D eigenvalue weighted by Crippen LogP contribution is -2.18. The van der Waals surface area contributed by atoms with Gasteiger partial charge in [-0.15, -0.1) is 13.2 Å². The zero-order valence-electron chi connectivity index (χ0n) is 9.99. The maximum Gasteiger partial charge on any atom is 0.573 e. The highest BCUT2D eigenvalue weighted by Crippen LogP contribution is 2.33. The molecule has 1 N–H and O–H groups in total. The van der Waals surface area contributed by atoms with Gasteiger partial charge in [-0.2, -0.15) is 15.8 Å². The Hall–Kier alpha value is -2.70. The molecule has 0 atom stereocenters. The largest absolute Gasteiger partial charge is 0.573 e. The molecule has 0 aliphatic rings. The van der Waals surface area contributed by atoms with Crippen LogP contribution >= 0.6 is 15.9 Å². The first-order chi connectivity index (χ1) is 9.80. The number of nitriles is 3. The number of benzene rings is 1. The summed E-state index contributed by atoms with van der Waals surface area (Å²) in [5, 5.41) is 28.5. The van der Waals surface area contributed by atoms with Crippen LogP contribution in [0.1, 0.15) is 0 Å². The van der Waals surface area contributed by atoms with Gasteiger partial charge in [0.05, 0.1) is 5.69 Å². The lowest BCUT2D eigenvalue weighted by molar-refractivity contribution is -0.274. The van der Waals surface area contributed by atoms with Crippen LogP contribution in [0.15, 0.2) is 33.9 Å². The second kappa shape index (κ2) is 6.65. The summed E-state index contributed by atoms with van der Waals surface area (Å²) in [7, 11) is 0. The Morgan fingerprint density at radius 1 is 1.14 bits per heavy atom. The molecule has 0 saturated heterocycles. The molecule has 0 aliphatic carbocycles. The highest BCUT2D eigenvalue weighted by atomic mass is 79.9. The molecule has 106 valence electrons. The van der Waals surface area contributed by atoms with Crippen LogP contribution in [0.25, 0.3) is 0 Å². The molecule has 21 heavy (non-hydrogen) atoms. The summed E-state index contributed by atoms with van der Waals surface area (Å²) in [6.45, 7) is 0. The van der Waals surface area contributed by atoms with Gasteiger partial charge in [0, 0.05) is 4.47 Å². The van der Waals surface area contributed by atoms with Crippen LogP contribution in [0.4, 0.5) is 18.9 Å². The average molecular weight is 357 g/mol. The number of hydrogen-bond acceptors (Lipinski definition) is 5. The molecule has 5 nitrogen and oxygen atoms in total. The Morgan fingerprint density at radius 3 is 2.24 bits per heavy atom. The van der Waals surface area contributed by atoms with Gasteiger partial charge < -0.3 is 10.1 Å². The second-order valence-electron chi connectivity index (χ2n) is 3.40. The highest BCUT2D eigenvalue weighted by molar-refractivity contribution is 9.10. The van der Waals surface area contributed by atoms with Gasteiger partial charge in [-0.25, -0.2) is 0 Å². The number of ether oxygens (including phenoxy) is 1. The molecule has 0 bridgehead atoms. The van der Waals surface area contributed by atoms with Crippen LogP contribution in [-0.2, 0) is 0 Å². The van der Waals surface area contributed by atoms with E-state index in [1.807, 2.05) is 0 Å². The second-order valence-corrected chi connectivity index (χ2v) is 4.31. The van der Waals surface area contributed by atoms with Crippen molar-refractivity contribution >= 4 is 21.6 Å². The molecular formula is C12H4BrF3N4O. The van der Waals surface area contributed by atoms with E-state index in [0.717, 1.165) is 6.07 Å². The Kier molecular flexibility index (Phi) is 5.18. The van der Waals surface area contributed by atoms with E-state index in [1.54, 1.807) is 0 Å². The molecule has 0 heterocycles. The maximum atomic E-state index is 12.3. The fourth-order valence-electron chi connectivity index (χ4n) is 1.23. The van der Waals surface area contributed by atoms with Crippen molar-refractivity contribution in [2.75, 3.05) is 5.32 Å². The Morgan fingerprint density at radius 2 is 1.76 bits per heavy atom. The molecule has 0 aromatic heterocycles. The summed E-state index contributed by atoms with van der Waals surface area (Å²) in [6, 6.07) is 8.09. The third kappa shape index (κ3) is 4.72. The lowest BCUT2D eigenvalue weighted by Gasteiger charge is -2.14. The van der Waals surface area contributed by atoms with E-state index in [0.29, 0.717) is 4.47 Å². The van der Waals surface area contributed by atoms with Gasteiger partial charge in [-0.05, 0) is 18.2 Å². The third-order valence-electron chi connectivity index (χ3n) is 2.01. The summed E-state index contributed by atoms with van der Waals surface area (Å²) in [5.74, 6) is -0.611. The standard InChI is InChI=1S/C12H4BrF3N4O/c13-8-1-2-9(11(3-8)21-12(14,15)16)20-10(6-19)7(4-17)5-18/h1-3,20H. The molecule has 0 spiro atoms. The minimum Gasteiger partial charge on any atom is -0.404 e. The van der Waals surface area contributed by atoms with Gasteiger partial charge in [0.1, 0.15) is 23.9 Å². The fourth-order valence-corrected chi connectivity index (χ4v) is 1.57. The Balaban J connectivity index is 3.27. The zero-order chi connectivity index (χ0) is 16.0. The number of anilines is 1. The molecule has 1 aromatic rings. The SMILES string of the molecule is N#CC(C#N)=C(C#N)Nc1ccc(Br)cc1OC(F)(F)F. The minimum atomic E-state index is -4.93. The molecule has 0 unspecified atom stereocenters. The third-order valence-corrected chi connectivity index (χ3v) is 2.51. The number of allylic oxidation sites excluding steroid dienone is 2. The fraction of sp³-hybridized carbons (Fsp3) is 0.0833. The van der Waals surface area contributed by atoms with Crippen molar-refractivity contribution in [1.82, 2.24) is 0 Å². The van der Waals surface area contributed by atoms with Crippen molar-refractivity contribution < 1.29 is 17.9 Å². The monoisotopic (exact) mass is 356 g/mol. The topological polar surface area (TPSA) is 92.6 Å². The van der Waals surface area contributed by atoms with Gasteiger partial charge in [-0.1, -0.05) is 15.9 Å². The number of rotatable bonds is 3. The average Bonchev–Trinajstić information content (AvgIpc) is 2.39. The van der Waals surface area contributed by atoms with Crippen molar-refractivity contribution in [2.24, 2.45) is 0 Å². The van der Waals surface area contributed by atoms with Crippen LogP contribution < -0.4 is 10.1 Å². The number of alkyl halides is 3. The normalized spacial score (nSPS) is 9.76. The van der Waals surface area contributed by atoms with E-state index in [2.05, 4.69) is 26.0 Å². The summed E-state index contributed by atoms with van der Waals surface area (Å²) in [5.41, 5.74) is -1.25. The maximum absolute atomic E-state index is 12.3. The highest BCUT2D eigenvalue weighted by Gasteiger charge is 2.32. The van der Waals surface area contributed by atoms with Crippen LogP contribution in [0.3, 0.4) is 0 Å². The summed E-state index contributed by atoms with van der Waals surface area (Å²) >= 11 is 2.99. The predicted molar refractivity (Wildman–Crippen MR) is 68.3 cm³/mol. The molecule has 0 fully saturated rings. The van der Waals surface area contributed by atoms with Crippen LogP contribution in [-0.4, -0.2) is 6.36 Å². The molecule has 0 aliphatic heterocycles. The first-order valence-electron chi connectivity index (χ1n) is 5.07. The molecule has 1 aromatic carbocycles. The smallest absolute Gasteiger partial charge is 0.404 e. The summed E-state index contributed by atoms with van der Waals surface area (Å²) in [4.78, 5) is 0. The lowest BCUT2D eigenvalue weighted by atomic mass is 10.2. The van der Waals surface area contributed by atoms with Crippen LogP contribution in [0.2, 0.25) is 0 Å². The van der Waals surface area contributed by atoms with Gasteiger partial charge in [0.15, 0.2) is 11.3 Å². The first-order valence-corrected chi connectivity index (χ1v) is 5.87. The molecule has 0 saturated carbocycles.